The Balaban J connectivity index is 1.52. The summed E-state index contributed by atoms with van der Waals surface area (Å²) in [7, 11) is 0. The van der Waals surface area contributed by atoms with Crippen LogP contribution in [0.25, 0.3) is 0 Å². The molecule has 6 heteroatoms. The van der Waals surface area contributed by atoms with Crippen LogP contribution in [-0.4, -0.2) is 54.0 Å². The molecular weight excluding hydrogens is 440 g/mol. The van der Waals surface area contributed by atoms with E-state index in [0.717, 1.165) is 41.9 Å². The first-order chi connectivity index (χ1) is 17.0. The number of hydrogen-bond acceptors (Lipinski definition) is 4. The van der Waals surface area contributed by atoms with Crippen LogP contribution in [0.5, 0.6) is 0 Å². The van der Waals surface area contributed by atoms with E-state index in [4.69, 9.17) is 9.15 Å². The van der Waals surface area contributed by atoms with Crippen molar-refractivity contribution in [2.45, 2.75) is 45.8 Å². The summed E-state index contributed by atoms with van der Waals surface area (Å²) >= 11 is 0. The lowest BCUT2D eigenvalue weighted by Gasteiger charge is -2.29. The number of carbonyl (C=O) groups is 2. The van der Waals surface area contributed by atoms with Gasteiger partial charge in [0.2, 0.25) is 5.91 Å². The van der Waals surface area contributed by atoms with Crippen molar-refractivity contribution in [3.8, 4) is 0 Å². The van der Waals surface area contributed by atoms with Crippen molar-refractivity contribution in [2.75, 3.05) is 26.2 Å². The van der Waals surface area contributed by atoms with Crippen LogP contribution >= 0.6 is 0 Å². The standard InChI is InChI=1S/C29H34N2O4/c1-22-9-6-7-13-27(22)29(33)31(19-25-12-8-18-34-25)21-28(32)30(20-26-15-14-23(2)35-26)17-16-24-10-4-3-5-11-24/h3-7,9-11,13-15,25H,8,12,16-21H2,1-2H3/t25-/m0/s1. The summed E-state index contributed by atoms with van der Waals surface area (Å²) in [4.78, 5) is 30.6. The highest BCUT2D eigenvalue weighted by Crippen LogP contribution is 2.18. The Hall–Kier alpha value is -3.38. The highest BCUT2D eigenvalue weighted by atomic mass is 16.5. The topological polar surface area (TPSA) is 63.0 Å². The molecule has 1 aliphatic heterocycles. The molecule has 2 heterocycles. The molecule has 0 radical (unpaired) electrons. The molecule has 1 atom stereocenters. The van der Waals surface area contributed by atoms with Crippen LogP contribution in [0.4, 0.5) is 0 Å². The fourth-order valence-corrected chi connectivity index (χ4v) is 4.46. The first-order valence-electron chi connectivity index (χ1n) is 12.3. The Morgan fingerprint density at radius 1 is 0.943 bits per heavy atom. The Morgan fingerprint density at radius 3 is 2.40 bits per heavy atom. The first kappa shape index (κ1) is 24.7. The predicted molar refractivity (Wildman–Crippen MR) is 135 cm³/mol. The van der Waals surface area contributed by atoms with E-state index in [9.17, 15) is 9.59 Å². The highest BCUT2D eigenvalue weighted by Gasteiger charge is 2.28. The van der Waals surface area contributed by atoms with E-state index in [1.54, 1.807) is 9.80 Å². The van der Waals surface area contributed by atoms with Crippen molar-refractivity contribution in [1.29, 1.82) is 0 Å². The SMILES string of the molecule is Cc1ccc(CN(CCc2ccccc2)C(=O)CN(C[C@@H]2CCCO2)C(=O)c2ccccc2C)o1. The molecule has 6 nitrogen and oxygen atoms in total. The molecule has 0 saturated carbocycles. The van der Waals surface area contributed by atoms with Crippen molar-refractivity contribution < 1.29 is 18.7 Å². The zero-order valence-corrected chi connectivity index (χ0v) is 20.6. The number of ether oxygens (including phenoxy) is 1. The third-order valence-electron chi connectivity index (χ3n) is 6.45. The summed E-state index contributed by atoms with van der Waals surface area (Å²) < 4.78 is 11.6. The van der Waals surface area contributed by atoms with E-state index in [0.29, 0.717) is 31.8 Å². The third kappa shape index (κ3) is 6.83. The number of aryl methyl sites for hydroxylation is 2. The molecule has 2 amide bonds. The molecule has 1 saturated heterocycles. The number of amides is 2. The van der Waals surface area contributed by atoms with Gasteiger partial charge in [-0.3, -0.25) is 9.59 Å². The van der Waals surface area contributed by atoms with E-state index in [-0.39, 0.29) is 24.5 Å². The Morgan fingerprint density at radius 2 is 1.71 bits per heavy atom. The average molecular weight is 475 g/mol. The zero-order valence-electron chi connectivity index (χ0n) is 20.6. The molecule has 1 aliphatic rings. The van der Waals surface area contributed by atoms with E-state index >= 15 is 0 Å². The van der Waals surface area contributed by atoms with Crippen LogP contribution in [0.15, 0.2) is 71.1 Å². The summed E-state index contributed by atoms with van der Waals surface area (Å²) in [6.07, 6.45) is 2.56. The second-order valence-corrected chi connectivity index (χ2v) is 9.20. The average Bonchev–Trinajstić information content (AvgIpc) is 3.53. The highest BCUT2D eigenvalue weighted by molar-refractivity contribution is 5.97. The summed E-state index contributed by atoms with van der Waals surface area (Å²) in [6.45, 7) is 5.83. The summed E-state index contributed by atoms with van der Waals surface area (Å²) in [6, 6.07) is 21.4. The Kier molecular flexibility index (Phi) is 8.37. The van der Waals surface area contributed by atoms with Crippen molar-refractivity contribution >= 4 is 11.8 Å². The molecule has 1 aromatic heterocycles. The fraction of sp³-hybridized carbons (Fsp3) is 0.379. The molecule has 3 aromatic rings. The van der Waals surface area contributed by atoms with Crippen molar-refractivity contribution in [1.82, 2.24) is 9.80 Å². The van der Waals surface area contributed by atoms with Crippen LogP contribution in [0.3, 0.4) is 0 Å². The van der Waals surface area contributed by atoms with Crippen LogP contribution in [0, 0.1) is 13.8 Å². The quantitative estimate of drug-likeness (QED) is 0.424. The monoisotopic (exact) mass is 474 g/mol. The Bertz CT molecular complexity index is 1120. The maximum atomic E-state index is 13.6. The maximum absolute atomic E-state index is 13.6. The number of benzene rings is 2. The largest absolute Gasteiger partial charge is 0.464 e. The molecule has 35 heavy (non-hydrogen) atoms. The van der Waals surface area contributed by atoms with Crippen LogP contribution in [0.1, 0.15) is 45.8 Å². The van der Waals surface area contributed by atoms with Crippen LogP contribution in [0.2, 0.25) is 0 Å². The van der Waals surface area contributed by atoms with Gasteiger partial charge in [-0.1, -0.05) is 48.5 Å². The van der Waals surface area contributed by atoms with Crippen LogP contribution in [-0.2, 0) is 22.5 Å². The number of rotatable bonds is 10. The molecule has 1 fully saturated rings. The first-order valence-corrected chi connectivity index (χ1v) is 12.3. The van der Waals surface area contributed by atoms with Gasteiger partial charge in [-0.25, -0.2) is 0 Å². The van der Waals surface area contributed by atoms with Gasteiger partial charge in [0, 0.05) is 25.3 Å². The molecule has 0 unspecified atom stereocenters. The molecule has 0 N–H and O–H groups in total. The van der Waals surface area contributed by atoms with Gasteiger partial charge >= 0.3 is 0 Å². The zero-order chi connectivity index (χ0) is 24.6. The van der Waals surface area contributed by atoms with Crippen molar-refractivity contribution in [2.24, 2.45) is 0 Å². The predicted octanol–water partition coefficient (Wildman–Crippen LogP) is 4.79. The molecule has 0 spiro atoms. The van der Waals surface area contributed by atoms with Gasteiger partial charge in [-0.15, -0.1) is 0 Å². The normalized spacial score (nSPS) is 15.2. The van der Waals surface area contributed by atoms with Gasteiger partial charge in [-0.2, -0.15) is 0 Å². The second-order valence-electron chi connectivity index (χ2n) is 9.20. The fourth-order valence-electron chi connectivity index (χ4n) is 4.46. The summed E-state index contributed by atoms with van der Waals surface area (Å²) in [5, 5.41) is 0. The molecule has 0 bridgehead atoms. The maximum Gasteiger partial charge on any atom is 0.254 e. The van der Waals surface area contributed by atoms with E-state index in [2.05, 4.69) is 12.1 Å². The molecule has 2 aromatic carbocycles. The minimum Gasteiger partial charge on any atom is -0.464 e. The van der Waals surface area contributed by atoms with Gasteiger partial charge < -0.3 is 19.0 Å². The molecule has 184 valence electrons. The van der Waals surface area contributed by atoms with Crippen LogP contribution < -0.4 is 0 Å². The molecule has 0 aliphatic carbocycles. The number of carbonyl (C=O) groups excluding carboxylic acids is 2. The minimum atomic E-state index is -0.135. The van der Waals surface area contributed by atoms with E-state index in [1.165, 1.54) is 0 Å². The van der Waals surface area contributed by atoms with Gasteiger partial charge in [0.25, 0.3) is 5.91 Å². The number of hydrogen-bond donors (Lipinski definition) is 0. The van der Waals surface area contributed by atoms with Crippen molar-refractivity contribution in [3.05, 3.63) is 94.9 Å². The summed E-state index contributed by atoms with van der Waals surface area (Å²) in [5.41, 5.74) is 2.68. The van der Waals surface area contributed by atoms with Gasteiger partial charge in [-0.05, 0) is 62.4 Å². The lowest BCUT2D eigenvalue weighted by atomic mass is 10.1. The lowest BCUT2D eigenvalue weighted by Crippen LogP contribution is -2.46. The second kappa shape index (κ2) is 11.8. The minimum absolute atomic E-state index is 0.00150. The van der Waals surface area contributed by atoms with E-state index < -0.39 is 0 Å². The molecular formula is C29H34N2O4. The number of furan rings is 1. The molecule has 4 rings (SSSR count). The smallest absolute Gasteiger partial charge is 0.254 e. The third-order valence-corrected chi connectivity index (χ3v) is 6.45. The lowest BCUT2D eigenvalue weighted by molar-refractivity contribution is -0.133. The van der Waals surface area contributed by atoms with Gasteiger partial charge in [0.1, 0.15) is 18.1 Å². The van der Waals surface area contributed by atoms with E-state index in [1.807, 2.05) is 68.4 Å². The van der Waals surface area contributed by atoms with Gasteiger partial charge in [0.15, 0.2) is 0 Å². The number of nitrogens with zero attached hydrogens (tertiary/aromatic N) is 2. The Labute approximate surface area is 207 Å². The van der Waals surface area contributed by atoms with Crippen molar-refractivity contribution in [3.63, 3.8) is 0 Å². The summed E-state index contributed by atoms with van der Waals surface area (Å²) in [5.74, 6) is 1.31. The van der Waals surface area contributed by atoms with Gasteiger partial charge in [0.05, 0.1) is 12.6 Å².